The van der Waals surface area contributed by atoms with Crippen molar-refractivity contribution in [1.29, 1.82) is 0 Å². The Labute approximate surface area is 188 Å². The second-order valence-electron chi connectivity index (χ2n) is 8.74. The summed E-state index contributed by atoms with van der Waals surface area (Å²) < 4.78 is 20.0. The molecule has 0 atom stereocenters. The van der Waals surface area contributed by atoms with Gasteiger partial charge < -0.3 is 15.6 Å². The molecular formula is C24H27N3O4S. The number of anilines is 1. The van der Waals surface area contributed by atoms with Gasteiger partial charge in [0.1, 0.15) is 0 Å². The zero-order valence-corrected chi connectivity index (χ0v) is 18.5. The summed E-state index contributed by atoms with van der Waals surface area (Å²) in [6.07, 6.45) is 4.79. The molecule has 5 N–H and O–H groups in total. The van der Waals surface area contributed by atoms with Gasteiger partial charge in [-0.25, -0.2) is 0 Å². The third-order valence-electron chi connectivity index (χ3n) is 6.70. The van der Waals surface area contributed by atoms with Crippen LogP contribution in [0.2, 0.25) is 0 Å². The fourth-order valence-electron chi connectivity index (χ4n) is 4.93. The number of aromatic amines is 1. The molecule has 0 spiro atoms. The van der Waals surface area contributed by atoms with Crippen molar-refractivity contribution in [2.24, 2.45) is 5.73 Å². The van der Waals surface area contributed by atoms with Crippen LogP contribution in [0.4, 0.5) is 5.69 Å². The highest BCUT2D eigenvalue weighted by molar-refractivity contribution is 8.24. The van der Waals surface area contributed by atoms with Crippen molar-refractivity contribution in [3.8, 4) is 11.1 Å². The Bertz CT molecular complexity index is 1190. The molecule has 2 aliphatic rings. The molecular weight excluding hydrogens is 426 g/mol. The van der Waals surface area contributed by atoms with E-state index < -0.39 is 16.5 Å². The Morgan fingerprint density at radius 3 is 2.44 bits per heavy atom. The number of carbonyl (C=O) groups excluding carboxylic acids is 2. The van der Waals surface area contributed by atoms with E-state index in [9.17, 15) is 18.7 Å². The number of amides is 2. The SMILES string of the molecule is NC(=O)c1cc(-c2ccc(N3CCCC3=O)cc2)cc2c(C3CCS(O)(O)CC3)c[nH]c12. The number of hydrogen-bond donors (Lipinski definition) is 4. The summed E-state index contributed by atoms with van der Waals surface area (Å²) in [5, 5.41) is 0.943. The number of primary amides is 1. The van der Waals surface area contributed by atoms with Gasteiger partial charge in [-0.2, -0.15) is 10.6 Å². The fraction of sp³-hybridized carbons (Fsp3) is 0.333. The molecule has 7 nitrogen and oxygen atoms in total. The van der Waals surface area contributed by atoms with Crippen LogP contribution in [0.1, 0.15) is 47.5 Å². The summed E-state index contributed by atoms with van der Waals surface area (Å²) in [6.45, 7) is 0.745. The zero-order valence-electron chi connectivity index (χ0n) is 17.7. The van der Waals surface area contributed by atoms with Crippen molar-refractivity contribution >= 4 is 39.0 Å². The van der Waals surface area contributed by atoms with Crippen LogP contribution < -0.4 is 10.6 Å². The van der Waals surface area contributed by atoms with Crippen molar-refractivity contribution in [2.75, 3.05) is 23.0 Å². The number of fused-ring (bicyclic) bond motifs is 1. The lowest BCUT2D eigenvalue weighted by atomic mass is 9.91. The first-order chi connectivity index (χ1) is 15.3. The Kier molecular flexibility index (Phi) is 5.23. The van der Waals surface area contributed by atoms with Crippen molar-refractivity contribution in [1.82, 2.24) is 4.98 Å². The number of H-pyrrole nitrogens is 1. The lowest BCUT2D eigenvalue weighted by molar-refractivity contribution is -0.117. The summed E-state index contributed by atoms with van der Waals surface area (Å²) >= 11 is 0. The molecule has 0 aliphatic carbocycles. The van der Waals surface area contributed by atoms with Crippen LogP contribution in [0.3, 0.4) is 0 Å². The maximum atomic E-state index is 12.2. The lowest BCUT2D eigenvalue weighted by Crippen LogP contribution is -2.23. The first-order valence-corrected chi connectivity index (χ1v) is 12.8. The maximum Gasteiger partial charge on any atom is 0.250 e. The monoisotopic (exact) mass is 453 g/mol. The summed E-state index contributed by atoms with van der Waals surface area (Å²) in [7, 11) is -2.46. The van der Waals surface area contributed by atoms with Gasteiger partial charge in [0.15, 0.2) is 0 Å². The third kappa shape index (κ3) is 3.79. The standard InChI is InChI=1S/C24H27N3O4S/c25-24(29)20-13-17(15-3-5-18(6-4-15)27-9-1-2-22(27)28)12-19-21(14-26-23(19)20)16-7-10-32(30,31)11-8-16/h3-6,12-14,16,26,30-31H,1-2,7-11H2,(H2,25,29). The smallest absolute Gasteiger partial charge is 0.250 e. The summed E-state index contributed by atoms with van der Waals surface area (Å²) in [6, 6.07) is 11.7. The second-order valence-corrected chi connectivity index (χ2v) is 11.2. The first kappa shape index (κ1) is 21.1. The molecule has 8 heteroatoms. The molecule has 0 unspecified atom stereocenters. The van der Waals surface area contributed by atoms with E-state index in [1.807, 2.05) is 30.5 Å². The van der Waals surface area contributed by atoms with Crippen LogP contribution in [0, 0.1) is 0 Å². The van der Waals surface area contributed by atoms with Gasteiger partial charge in [-0.15, -0.1) is 0 Å². The van der Waals surface area contributed by atoms with E-state index in [1.54, 1.807) is 11.0 Å². The van der Waals surface area contributed by atoms with Crippen molar-refractivity contribution in [3.05, 3.63) is 53.7 Å². The molecule has 1 aromatic heterocycles. The van der Waals surface area contributed by atoms with Crippen LogP contribution in [0.5, 0.6) is 0 Å². The summed E-state index contributed by atoms with van der Waals surface area (Å²) in [4.78, 5) is 29.3. The minimum atomic E-state index is -2.46. The van der Waals surface area contributed by atoms with Crippen LogP contribution >= 0.6 is 10.6 Å². The van der Waals surface area contributed by atoms with E-state index in [-0.39, 0.29) is 11.8 Å². The van der Waals surface area contributed by atoms with E-state index >= 15 is 0 Å². The van der Waals surface area contributed by atoms with Crippen molar-refractivity contribution in [2.45, 2.75) is 31.6 Å². The molecule has 32 heavy (non-hydrogen) atoms. The van der Waals surface area contributed by atoms with Gasteiger partial charge in [0.2, 0.25) is 5.91 Å². The van der Waals surface area contributed by atoms with Crippen molar-refractivity contribution in [3.63, 3.8) is 0 Å². The first-order valence-electron chi connectivity index (χ1n) is 10.9. The molecule has 0 radical (unpaired) electrons. The largest absolute Gasteiger partial charge is 0.366 e. The highest BCUT2D eigenvalue weighted by atomic mass is 32.3. The lowest BCUT2D eigenvalue weighted by Gasteiger charge is -2.39. The van der Waals surface area contributed by atoms with Crippen LogP contribution in [0.25, 0.3) is 22.0 Å². The van der Waals surface area contributed by atoms with Crippen LogP contribution in [0.15, 0.2) is 42.6 Å². The van der Waals surface area contributed by atoms with Gasteiger partial charge in [0.05, 0.1) is 11.1 Å². The minimum Gasteiger partial charge on any atom is -0.366 e. The van der Waals surface area contributed by atoms with Gasteiger partial charge in [-0.05, 0) is 66.1 Å². The molecule has 3 aromatic rings. The number of benzene rings is 2. The van der Waals surface area contributed by atoms with E-state index in [2.05, 4.69) is 11.1 Å². The Morgan fingerprint density at radius 2 is 1.81 bits per heavy atom. The predicted molar refractivity (Wildman–Crippen MR) is 128 cm³/mol. The number of nitrogens with one attached hydrogen (secondary N) is 1. The molecule has 2 saturated heterocycles. The number of hydrogen-bond acceptors (Lipinski definition) is 4. The summed E-state index contributed by atoms with van der Waals surface area (Å²) in [5.74, 6) is 0.661. The molecule has 168 valence electrons. The number of nitrogens with two attached hydrogens (primary N) is 1. The molecule has 3 heterocycles. The van der Waals surface area contributed by atoms with E-state index in [4.69, 9.17) is 5.73 Å². The highest BCUT2D eigenvalue weighted by Gasteiger charge is 2.28. The van der Waals surface area contributed by atoms with Gasteiger partial charge in [0, 0.05) is 41.7 Å². The molecule has 2 aliphatic heterocycles. The zero-order chi connectivity index (χ0) is 22.5. The molecule has 0 bridgehead atoms. The van der Waals surface area contributed by atoms with Crippen LogP contribution in [-0.4, -0.2) is 44.0 Å². The van der Waals surface area contributed by atoms with Gasteiger partial charge in [-0.3, -0.25) is 18.7 Å². The Hall–Kier alpha value is -2.81. The molecule has 2 aromatic carbocycles. The molecule has 2 fully saturated rings. The minimum absolute atomic E-state index is 0.149. The van der Waals surface area contributed by atoms with Gasteiger partial charge >= 0.3 is 0 Å². The number of carbonyl (C=O) groups is 2. The van der Waals surface area contributed by atoms with Gasteiger partial charge in [0.25, 0.3) is 5.91 Å². The average Bonchev–Trinajstić information content (AvgIpc) is 3.39. The highest BCUT2D eigenvalue weighted by Crippen LogP contribution is 2.49. The normalized spacial score (nSPS) is 20.1. The number of nitrogens with zero attached hydrogens (tertiary/aromatic N) is 1. The maximum absolute atomic E-state index is 12.2. The number of aromatic nitrogens is 1. The molecule has 0 saturated carbocycles. The predicted octanol–water partition coefficient (Wildman–Crippen LogP) is 4.69. The Morgan fingerprint density at radius 1 is 1.09 bits per heavy atom. The van der Waals surface area contributed by atoms with E-state index in [0.29, 0.717) is 41.8 Å². The van der Waals surface area contributed by atoms with Gasteiger partial charge in [-0.1, -0.05) is 12.1 Å². The molecule has 2 amide bonds. The topological polar surface area (TPSA) is 120 Å². The van der Waals surface area contributed by atoms with E-state index in [0.717, 1.165) is 40.7 Å². The quantitative estimate of drug-likeness (QED) is 0.458. The van der Waals surface area contributed by atoms with Crippen LogP contribution in [-0.2, 0) is 4.79 Å². The van der Waals surface area contributed by atoms with E-state index in [1.165, 1.54) is 0 Å². The summed E-state index contributed by atoms with van der Waals surface area (Å²) in [5.41, 5.74) is 10.6. The third-order valence-corrected chi connectivity index (χ3v) is 8.48. The average molecular weight is 454 g/mol. The van der Waals surface area contributed by atoms with Crippen molar-refractivity contribution < 1.29 is 18.7 Å². The molecule has 5 rings (SSSR count). The Balaban J connectivity index is 1.53. The number of rotatable bonds is 4. The second kappa shape index (κ2) is 7.95. The fourth-order valence-corrected chi connectivity index (χ4v) is 6.45.